The Balaban J connectivity index is 2.01. The highest BCUT2D eigenvalue weighted by Crippen LogP contribution is 2.10. The zero-order valence-electron chi connectivity index (χ0n) is 10.7. The van der Waals surface area contributed by atoms with Crippen LogP contribution in [0.1, 0.15) is 15.9 Å². The zero-order valence-corrected chi connectivity index (χ0v) is 10.7. The van der Waals surface area contributed by atoms with Gasteiger partial charge in [0.05, 0.1) is 5.56 Å². The number of nitrogens with zero attached hydrogens (tertiary/aromatic N) is 2. The number of hydrazine groups is 1. The third-order valence-electron chi connectivity index (χ3n) is 3.13. The van der Waals surface area contributed by atoms with E-state index in [4.69, 9.17) is 0 Å². The molecule has 0 saturated carbocycles. The molecule has 0 unspecified atom stereocenters. The van der Waals surface area contributed by atoms with Crippen molar-refractivity contribution in [3.63, 3.8) is 0 Å². The van der Waals surface area contributed by atoms with Crippen LogP contribution in [0.25, 0.3) is 0 Å². The van der Waals surface area contributed by atoms with Gasteiger partial charge in [0.15, 0.2) is 0 Å². The minimum atomic E-state index is -0.479. The molecule has 0 spiro atoms. The van der Waals surface area contributed by atoms with Crippen molar-refractivity contribution in [2.45, 2.75) is 6.92 Å². The Bertz CT molecular complexity index is 442. The second-order valence-corrected chi connectivity index (χ2v) is 4.71. The van der Waals surface area contributed by atoms with Gasteiger partial charge in [0.2, 0.25) is 0 Å². The van der Waals surface area contributed by atoms with Crippen LogP contribution in [0.4, 0.5) is 4.39 Å². The molecule has 1 aromatic carbocycles. The summed E-state index contributed by atoms with van der Waals surface area (Å²) in [6, 6.07) is 4.55. The fourth-order valence-corrected chi connectivity index (χ4v) is 1.94. The van der Waals surface area contributed by atoms with Crippen molar-refractivity contribution < 1.29 is 9.18 Å². The van der Waals surface area contributed by atoms with E-state index in [1.807, 2.05) is 19.0 Å². The lowest BCUT2D eigenvalue weighted by molar-refractivity contribution is 0.0658. The van der Waals surface area contributed by atoms with Crippen LogP contribution in [0.15, 0.2) is 18.2 Å². The number of hydrogen-bond acceptors (Lipinski definition) is 3. The van der Waals surface area contributed by atoms with Crippen LogP contribution in [0.2, 0.25) is 0 Å². The first-order valence-corrected chi connectivity index (χ1v) is 6.07. The Hall–Kier alpha value is -1.46. The van der Waals surface area contributed by atoms with E-state index >= 15 is 0 Å². The van der Waals surface area contributed by atoms with Crippen LogP contribution in [0.3, 0.4) is 0 Å². The van der Waals surface area contributed by atoms with E-state index in [0.29, 0.717) is 0 Å². The second kappa shape index (κ2) is 5.46. The van der Waals surface area contributed by atoms with Gasteiger partial charge in [0.25, 0.3) is 5.91 Å². The topological polar surface area (TPSA) is 35.6 Å². The first kappa shape index (κ1) is 13.0. The van der Waals surface area contributed by atoms with Gasteiger partial charge in [0, 0.05) is 26.2 Å². The normalized spacial score (nSPS) is 17.7. The Kier molecular flexibility index (Phi) is 3.93. The number of benzene rings is 1. The lowest BCUT2D eigenvalue weighted by Crippen LogP contribution is -2.52. The van der Waals surface area contributed by atoms with E-state index in [-0.39, 0.29) is 11.5 Å². The summed E-state index contributed by atoms with van der Waals surface area (Å²) in [7, 11) is 2.04. The number of aryl methyl sites for hydroxylation is 1. The number of hydrogen-bond donors (Lipinski definition) is 1. The summed E-state index contributed by atoms with van der Waals surface area (Å²) in [5.74, 6) is -0.854. The molecule has 0 atom stereocenters. The van der Waals surface area contributed by atoms with Gasteiger partial charge in [-0.15, -0.1) is 0 Å². The Morgan fingerprint density at radius 3 is 2.61 bits per heavy atom. The molecule has 2 rings (SSSR count). The molecule has 0 radical (unpaired) electrons. The summed E-state index contributed by atoms with van der Waals surface area (Å²) in [6.45, 7) is 5.16. The number of carbonyl (C=O) groups excluding carboxylic acids is 1. The average Bonchev–Trinajstić information content (AvgIpc) is 2.35. The average molecular weight is 251 g/mol. The van der Waals surface area contributed by atoms with Crippen LogP contribution in [-0.2, 0) is 0 Å². The molecule has 4 nitrogen and oxygen atoms in total. The molecule has 0 aliphatic carbocycles. The maximum atomic E-state index is 13.5. The number of halogens is 1. The van der Waals surface area contributed by atoms with Crippen molar-refractivity contribution in [2.75, 3.05) is 33.2 Å². The first-order valence-electron chi connectivity index (χ1n) is 6.07. The molecule has 98 valence electrons. The van der Waals surface area contributed by atoms with Gasteiger partial charge in [-0.05, 0) is 26.1 Å². The number of nitrogens with one attached hydrogen (secondary N) is 1. The van der Waals surface area contributed by atoms with Gasteiger partial charge < -0.3 is 4.90 Å². The lowest BCUT2D eigenvalue weighted by Gasteiger charge is -2.32. The van der Waals surface area contributed by atoms with Crippen molar-refractivity contribution in [2.24, 2.45) is 0 Å². The summed E-state index contributed by atoms with van der Waals surface area (Å²) >= 11 is 0. The third-order valence-corrected chi connectivity index (χ3v) is 3.13. The molecular formula is C13H18FN3O. The molecule has 1 heterocycles. The van der Waals surface area contributed by atoms with E-state index in [2.05, 4.69) is 10.3 Å². The number of piperazine rings is 1. The fraction of sp³-hybridized carbons (Fsp3) is 0.462. The summed E-state index contributed by atoms with van der Waals surface area (Å²) in [4.78, 5) is 14.2. The van der Waals surface area contributed by atoms with E-state index in [1.165, 1.54) is 6.07 Å². The van der Waals surface area contributed by atoms with E-state index < -0.39 is 5.82 Å². The number of likely N-dealkylation sites (N-methyl/N-ethyl adjacent to an activating group) is 1. The minimum absolute atomic E-state index is 0.105. The van der Waals surface area contributed by atoms with Gasteiger partial charge >= 0.3 is 0 Å². The number of amides is 1. The van der Waals surface area contributed by atoms with Crippen LogP contribution in [0, 0.1) is 12.7 Å². The molecule has 5 heteroatoms. The van der Waals surface area contributed by atoms with Crippen LogP contribution < -0.4 is 5.43 Å². The predicted octanol–water partition coefficient (Wildman–Crippen LogP) is 1.03. The molecule has 1 amide bonds. The van der Waals surface area contributed by atoms with Gasteiger partial charge in [-0.3, -0.25) is 10.2 Å². The molecular weight excluding hydrogens is 233 g/mol. The highest BCUT2D eigenvalue weighted by Gasteiger charge is 2.18. The number of carbonyl (C=O) groups is 1. The molecule has 1 aromatic rings. The van der Waals surface area contributed by atoms with Crippen molar-refractivity contribution >= 4 is 5.91 Å². The summed E-state index contributed by atoms with van der Waals surface area (Å²) in [5, 5.41) is 1.84. The molecule has 1 aliphatic rings. The highest BCUT2D eigenvalue weighted by molar-refractivity contribution is 5.94. The predicted molar refractivity (Wildman–Crippen MR) is 67.7 cm³/mol. The maximum Gasteiger partial charge on any atom is 0.268 e. The van der Waals surface area contributed by atoms with Crippen LogP contribution >= 0.6 is 0 Å². The molecule has 0 aromatic heterocycles. The van der Waals surface area contributed by atoms with Gasteiger partial charge in [-0.25, -0.2) is 9.40 Å². The summed E-state index contributed by atoms with van der Waals surface area (Å²) in [5.41, 5.74) is 3.73. The lowest BCUT2D eigenvalue weighted by atomic mass is 10.1. The Morgan fingerprint density at radius 1 is 1.28 bits per heavy atom. The van der Waals surface area contributed by atoms with Gasteiger partial charge in [0.1, 0.15) is 5.82 Å². The smallest absolute Gasteiger partial charge is 0.268 e. The largest absolute Gasteiger partial charge is 0.304 e. The monoisotopic (exact) mass is 251 g/mol. The Morgan fingerprint density at radius 2 is 1.94 bits per heavy atom. The fourth-order valence-electron chi connectivity index (χ4n) is 1.94. The van der Waals surface area contributed by atoms with E-state index in [1.54, 1.807) is 12.1 Å². The highest BCUT2D eigenvalue weighted by atomic mass is 19.1. The van der Waals surface area contributed by atoms with Crippen molar-refractivity contribution in [1.29, 1.82) is 0 Å². The zero-order chi connectivity index (χ0) is 13.1. The maximum absolute atomic E-state index is 13.5. The SMILES string of the molecule is Cc1ccc(F)c(C(=O)NN2CCN(C)CC2)c1. The molecule has 1 saturated heterocycles. The minimum Gasteiger partial charge on any atom is -0.304 e. The van der Waals surface area contributed by atoms with Crippen molar-refractivity contribution in [3.8, 4) is 0 Å². The Labute approximate surface area is 106 Å². The van der Waals surface area contributed by atoms with Crippen LogP contribution in [0.5, 0.6) is 0 Å². The van der Waals surface area contributed by atoms with Crippen molar-refractivity contribution in [1.82, 2.24) is 15.3 Å². The van der Waals surface area contributed by atoms with E-state index in [9.17, 15) is 9.18 Å². The quantitative estimate of drug-likeness (QED) is 0.852. The van der Waals surface area contributed by atoms with Crippen LogP contribution in [-0.4, -0.2) is 49.0 Å². The van der Waals surface area contributed by atoms with Gasteiger partial charge in [-0.1, -0.05) is 11.6 Å². The van der Waals surface area contributed by atoms with Crippen molar-refractivity contribution in [3.05, 3.63) is 35.1 Å². The first-order chi connectivity index (χ1) is 8.56. The summed E-state index contributed by atoms with van der Waals surface area (Å²) in [6.07, 6.45) is 0. The molecule has 1 fully saturated rings. The third kappa shape index (κ3) is 3.05. The number of rotatable bonds is 2. The molecule has 1 N–H and O–H groups in total. The summed E-state index contributed by atoms with van der Waals surface area (Å²) < 4.78 is 13.5. The molecule has 18 heavy (non-hydrogen) atoms. The van der Waals surface area contributed by atoms with E-state index in [0.717, 1.165) is 31.7 Å². The standard InChI is InChI=1S/C13H18FN3O/c1-10-3-4-12(14)11(9-10)13(18)15-17-7-5-16(2)6-8-17/h3-4,9H,5-8H2,1-2H3,(H,15,18). The van der Waals surface area contributed by atoms with Gasteiger partial charge in [-0.2, -0.15) is 0 Å². The molecule has 1 aliphatic heterocycles. The second-order valence-electron chi connectivity index (χ2n) is 4.71. The molecule has 0 bridgehead atoms.